The highest BCUT2D eigenvalue weighted by atomic mass is 16.4. The van der Waals surface area contributed by atoms with Crippen LogP contribution in [0.25, 0.3) is 0 Å². The Morgan fingerprint density at radius 3 is 1.95 bits per heavy atom. The molecule has 1 heterocycles. The lowest BCUT2D eigenvalue weighted by atomic mass is 9.96. The summed E-state index contributed by atoms with van der Waals surface area (Å²) in [5, 5.41) is 14.8. The van der Waals surface area contributed by atoms with Crippen molar-refractivity contribution < 1.29 is 24.6 Å². The van der Waals surface area contributed by atoms with Gasteiger partial charge in [0.15, 0.2) is 0 Å². The first-order valence-electron chi connectivity index (χ1n) is 6.92. The molecule has 7 heteroatoms. The van der Waals surface area contributed by atoms with Crippen molar-refractivity contribution in [2.45, 2.75) is 19.4 Å². The molecule has 0 aliphatic carbocycles. The molecule has 1 saturated heterocycles. The van der Waals surface area contributed by atoms with Crippen LogP contribution >= 0.6 is 0 Å². The summed E-state index contributed by atoms with van der Waals surface area (Å²) in [6, 6.07) is 10.4. The fourth-order valence-electron chi connectivity index (χ4n) is 2.22. The lowest BCUT2D eigenvalue weighted by molar-refractivity contribution is -0.159. The largest absolute Gasteiger partial charge is 0.473 e. The summed E-state index contributed by atoms with van der Waals surface area (Å²) in [4.78, 5) is 31.6. The van der Waals surface area contributed by atoms with Gasteiger partial charge in [0.1, 0.15) is 0 Å². The highest BCUT2D eigenvalue weighted by Gasteiger charge is 2.22. The Bertz CT molecular complexity index is 498. The van der Waals surface area contributed by atoms with Crippen LogP contribution in [0.2, 0.25) is 0 Å². The molecule has 1 amide bonds. The van der Waals surface area contributed by atoms with Crippen molar-refractivity contribution in [1.82, 2.24) is 4.90 Å². The molecular weight excluding hydrogens is 288 g/mol. The van der Waals surface area contributed by atoms with Crippen LogP contribution in [0.4, 0.5) is 0 Å². The molecule has 1 aromatic carbocycles. The van der Waals surface area contributed by atoms with Gasteiger partial charge in [-0.15, -0.1) is 0 Å². The number of carboxylic acid groups (broad SMARTS) is 2. The minimum atomic E-state index is -1.82. The Morgan fingerprint density at radius 1 is 1.05 bits per heavy atom. The topological polar surface area (TPSA) is 121 Å². The van der Waals surface area contributed by atoms with Crippen LogP contribution in [0.1, 0.15) is 18.4 Å². The van der Waals surface area contributed by atoms with Crippen LogP contribution in [0.15, 0.2) is 30.3 Å². The van der Waals surface area contributed by atoms with Gasteiger partial charge in [-0.05, 0) is 31.5 Å². The van der Waals surface area contributed by atoms with E-state index in [1.807, 2.05) is 6.07 Å². The quantitative estimate of drug-likeness (QED) is 0.701. The third kappa shape index (κ3) is 6.36. The van der Waals surface area contributed by atoms with Crippen molar-refractivity contribution >= 4 is 17.8 Å². The second-order valence-electron chi connectivity index (χ2n) is 5.05. The predicted octanol–water partition coefficient (Wildman–Crippen LogP) is 0.539. The summed E-state index contributed by atoms with van der Waals surface area (Å²) >= 11 is 0. The molecule has 22 heavy (non-hydrogen) atoms. The smallest absolute Gasteiger partial charge is 0.414 e. The first-order valence-corrected chi connectivity index (χ1v) is 6.92. The number of amides is 1. The van der Waals surface area contributed by atoms with E-state index in [1.54, 1.807) is 0 Å². The van der Waals surface area contributed by atoms with Gasteiger partial charge in [0.25, 0.3) is 0 Å². The molecule has 2 rings (SSSR count). The number of nitrogens with two attached hydrogens (primary N) is 1. The van der Waals surface area contributed by atoms with Crippen molar-refractivity contribution in [2.24, 2.45) is 11.7 Å². The van der Waals surface area contributed by atoms with Crippen molar-refractivity contribution in [3.05, 3.63) is 35.9 Å². The van der Waals surface area contributed by atoms with Crippen molar-refractivity contribution in [1.29, 1.82) is 0 Å². The van der Waals surface area contributed by atoms with Gasteiger partial charge in [-0.25, -0.2) is 9.59 Å². The van der Waals surface area contributed by atoms with E-state index in [0.717, 1.165) is 32.5 Å². The fourth-order valence-corrected chi connectivity index (χ4v) is 2.22. The van der Waals surface area contributed by atoms with E-state index >= 15 is 0 Å². The van der Waals surface area contributed by atoms with Gasteiger partial charge in [-0.3, -0.25) is 9.69 Å². The third-order valence-corrected chi connectivity index (χ3v) is 3.42. The van der Waals surface area contributed by atoms with Crippen LogP contribution in [-0.4, -0.2) is 46.0 Å². The molecule has 0 aromatic heterocycles. The number of primary amides is 1. The Hall–Kier alpha value is -2.41. The Balaban J connectivity index is 0.000000346. The zero-order valence-corrected chi connectivity index (χ0v) is 12.1. The van der Waals surface area contributed by atoms with E-state index in [-0.39, 0.29) is 11.8 Å². The molecule has 1 fully saturated rings. The van der Waals surface area contributed by atoms with Crippen LogP contribution in [0.3, 0.4) is 0 Å². The number of rotatable bonds is 3. The molecule has 7 nitrogen and oxygen atoms in total. The van der Waals surface area contributed by atoms with Crippen LogP contribution in [-0.2, 0) is 20.9 Å². The first-order chi connectivity index (χ1) is 10.4. The number of hydrogen-bond acceptors (Lipinski definition) is 4. The Kier molecular flexibility index (Phi) is 7.04. The minimum Gasteiger partial charge on any atom is -0.473 e. The Morgan fingerprint density at radius 2 is 1.55 bits per heavy atom. The second-order valence-corrected chi connectivity index (χ2v) is 5.05. The first kappa shape index (κ1) is 17.6. The number of carbonyl (C=O) groups excluding carboxylic acids is 1. The van der Waals surface area contributed by atoms with E-state index in [0.29, 0.717) is 0 Å². The summed E-state index contributed by atoms with van der Waals surface area (Å²) in [5.74, 6) is -3.70. The van der Waals surface area contributed by atoms with Crippen LogP contribution in [0.5, 0.6) is 0 Å². The average Bonchev–Trinajstić information content (AvgIpc) is 2.49. The van der Waals surface area contributed by atoms with E-state index in [9.17, 15) is 4.79 Å². The minimum absolute atomic E-state index is 0.0898. The van der Waals surface area contributed by atoms with Crippen molar-refractivity contribution in [2.75, 3.05) is 13.1 Å². The molecule has 1 aliphatic heterocycles. The molecule has 0 saturated carbocycles. The second kappa shape index (κ2) is 8.78. The maximum absolute atomic E-state index is 11.0. The molecule has 0 unspecified atom stereocenters. The Labute approximate surface area is 128 Å². The monoisotopic (exact) mass is 308 g/mol. The normalized spacial score (nSPS) is 15.5. The summed E-state index contributed by atoms with van der Waals surface area (Å²) in [7, 11) is 0. The van der Waals surface area contributed by atoms with Gasteiger partial charge in [-0.1, -0.05) is 30.3 Å². The van der Waals surface area contributed by atoms with Crippen molar-refractivity contribution in [3.63, 3.8) is 0 Å². The zero-order chi connectivity index (χ0) is 16.5. The zero-order valence-electron chi connectivity index (χ0n) is 12.1. The summed E-state index contributed by atoms with van der Waals surface area (Å²) in [6.45, 7) is 2.93. The van der Waals surface area contributed by atoms with Gasteiger partial charge < -0.3 is 15.9 Å². The lowest BCUT2D eigenvalue weighted by Gasteiger charge is -2.30. The van der Waals surface area contributed by atoms with E-state index in [4.69, 9.17) is 25.5 Å². The van der Waals surface area contributed by atoms with E-state index < -0.39 is 11.9 Å². The standard InChI is InChI=1S/C13H18N2O.C2H2O4/c14-13(16)12-6-8-15(9-7-12)10-11-4-2-1-3-5-11;3-1(4)2(5)6/h1-5,12H,6-10H2,(H2,14,16);(H,3,4)(H,5,6). The summed E-state index contributed by atoms with van der Waals surface area (Å²) in [6.07, 6.45) is 1.81. The maximum Gasteiger partial charge on any atom is 0.414 e. The number of nitrogens with zero attached hydrogens (tertiary/aromatic N) is 1. The number of carboxylic acids is 2. The number of aliphatic carboxylic acids is 2. The number of likely N-dealkylation sites (tertiary alicyclic amines) is 1. The average molecular weight is 308 g/mol. The number of carbonyl (C=O) groups is 3. The summed E-state index contributed by atoms with van der Waals surface area (Å²) < 4.78 is 0. The molecule has 4 N–H and O–H groups in total. The number of piperidine rings is 1. The van der Waals surface area contributed by atoms with Crippen LogP contribution in [0, 0.1) is 5.92 Å². The van der Waals surface area contributed by atoms with Crippen molar-refractivity contribution in [3.8, 4) is 0 Å². The van der Waals surface area contributed by atoms with Gasteiger partial charge in [0, 0.05) is 12.5 Å². The molecule has 0 spiro atoms. The molecule has 1 aliphatic rings. The molecule has 1 aromatic rings. The highest BCUT2D eigenvalue weighted by molar-refractivity contribution is 6.27. The summed E-state index contributed by atoms with van der Waals surface area (Å²) in [5.41, 5.74) is 6.64. The van der Waals surface area contributed by atoms with E-state index in [2.05, 4.69) is 29.2 Å². The number of hydrogen-bond donors (Lipinski definition) is 3. The molecule has 0 bridgehead atoms. The number of benzene rings is 1. The fraction of sp³-hybridized carbons (Fsp3) is 0.400. The molecular formula is C15H20N2O5. The van der Waals surface area contributed by atoms with Gasteiger partial charge in [0.2, 0.25) is 5.91 Å². The van der Waals surface area contributed by atoms with Gasteiger partial charge in [0.05, 0.1) is 0 Å². The van der Waals surface area contributed by atoms with Gasteiger partial charge >= 0.3 is 11.9 Å². The molecule has 0 atom stereocenters. The predicted molar refractivity (Wildman–Crippen MR) is 78.9 cm³/mol. The maximum atomic E-state index is 11.0. The van der Waals surface area contributed by atoms with E-state index in [1.165, 1.54) is 5.56 Å². The lowest BCUT2D eigenvalue weighted by Crippen LogP contribution is -2.38. The molecule has 120 valence electrons. The molecule has 0 radical (unpaired) electrons. The third-order valence-electron chi connectivity index (χ3n) is 3.42. The van der Waals surface area contributed by atoms with Gasteiger partial charge in [-0.2, -0.15) is 0 Å². The van der Waals surface area contributed by atoms with Crippen LogP contribution < -0.4 is 5.73 Å². The highest BCUT2D eigenvalue weighted by Crippen LogP contribution is 2.18. The SMILES string of the molecule is NC(=O)C1CCN(Cc2ccccc2)CC1.O=C(O)C(=O)O.